The van der Waals surface area contributed by atoms with Crippen molar-refractivity contribution in [1.82, 2.24) is 9.88 Å². The van der Waals surface area contributed by atoms with Crippen LogP contribution in [0.2, 0.25) is 0 Å². The van der Waals surface area contributed by atoms with Gasteiger partial charge in [0, 0.05) is 36.6 Å². The van der Waals surface area contributed by atoms with E-state index in [-0.39, 0.29) is 5.84 Å². The van der Waals surface area contributed by atoms with Gasteiger partial charge in [-0.2, -0.15) is 0 Å². The highest BCUT2D eigenvalue weighted by atomic mass is 32.1. The smallest absolute Gasteiger partial charge is 0.186 e. The van der Waals surface area contributed by atoms with Gasteiger partial charge >= 0.3 is 0 Å². The van der Waals surface area contributed by atoms with Gasteiger partial charge in [-0.1, -0.05) is 51.8 Å². The minimum Gasteiger partial charge on any atom is -0.489 e. The molecule has 4 rings (SSSR count). The van der Waals surface area contributed by atoms with E-state index in [9.17, 15) is 0 Å². The Balaban J connectivity index is 1.84. The molecule has 1 aliphatic rings. The lowest BCUT2D eigenvalue weighted by Gasteiger charge is -2.32. The summed E-state index contributed by atoms with van der Waals surface area (Å²) in [5.41, 5.74) is 8.32. The van der Waals surface area contributed by atoms with Gasteiger partial charge < -0.3 is 25.0 Å². The first-order valence-electron chi connectivity index (χ1n) is 13.2. The third kappa shape index (κ3) is 6.43. The molecule has 1 fully saturated rings. The second kappa shape index (κ2) is 12.4. The van der Waals surface area contributed by atoms with Crippen molar-refractivity contribution in [2.45, 2.75) is 46.0 Å². The van der Waals surface area contributed by atoms with Crippen molar-refractivity contribution >= 4 is 22.3 Å². The number of amidine groups is 1. The van der Waals surface area contributed by atoms with Gasteiger partial charge in [-0.15, -0.1) is 11.3 Å². The second-order valence-electron chi connectivity index (χ2n) is 9.86. The van der Waals surface area contributed by atoms with Crippen molar-refractivity contribution in [3.8, 4) is 28.5 Å². The summed E-state index contributed by atoms with van der Waals surface area (Å²) in [6.07, 6.45) is 3.09. The minimum absolute atomic E-state index is 0.0459. The number of rotatable bonds is 11. The number of hydrogen-bond donors (Lipinski definition) is 2. The monoisotopic (exact) mass is 521 g/mol. The highest BCUT2D eigenvalue weighted by molar-refractivity contribution is 7.16. The van der Waals surface area contributed by atoms with Crippen LogP contribution in [0.3, 0.4) is 0 Å². The molecular weight excluding hydrogens is 482 g/mol. The van der Waals surface area contributed by atoms with E-state index in [0.717, 1.165) is 61.8 Å². The zero-order chi connectivity index (χ0) is 26.4. The van der Waals surface area contributed by atoms with Gasteiger partial charge in [0.05, 0.1) is 17.9 Å². The van der Waals surface area contributed by atoms with Gasteiger partial charge in [-0.05, 0) is 43.7 Å². The predicted molar refractivity (Wildman–Crippen MR) is 154 cm³/mol. The molecule has 1 saturated heterocycles. The summed E-state index contributed by atoms with van der Waals surface area (Å²) in [5, 5.41) is 9.27. The number of thiazole rings is 1. The van der Waals surface area contributed by atoms with E-state index in [2.05, 4.69) is 37.6 Å². The van der Waals surface area contributed by atoms with E-state index in [0.29, 0.717) is 35.3 Å². The molecule has 7 nitrogen and oxygen atoms in total. The van der Waals surface area contributed by atoms with Crippen LogP contribution in [0.1, 0.15) is 56.4 Å². The van der Waals surface area contributed by atoms with Crippen molar-refractivity contribution in [3.63, 3.8) is 0 Å². The van der Waals surface area contributed by atoms with Gasteiger partial charge in [-0.25, -0.2) is 4.98 Å². The zero-order valence-electron chi connectivity index (χ0n) is 22.4. The van der Waals surface area contributed by atoms with Gasteiger partial charge in [0.2, 0.25) is 0 Å². The van der Waals surface area contributed by atoms with Crippen LogP contribution in [0.5, 0.6) is 17.2 Å². The SMILES string of the molecule is CCCCCOc1c(C(=N)N)ccc(-c2nc(N3CCN(C)CC3)sc2C(C)C)c1Oc1ccccc1. The third-order valence-corrected chi connectivity index (χ3v) is 7.97. The summed E-state index contributed by atoms with van der Waals surface area (Å²) in [6, 6.07) is 13.5. The van der Waals surface area contributed by atoms with E-state index < -0.39 is 0 Å². The van der Waals surface area contributed by atoms with E-state index >= 15 is 0 Å². The van der Waals surface area contributed by atoms with Gasteiger partial charge in [0.15, 0.2) is 16.6 Å². The Morgan fingerprint density at radius 3 is 2.43 bits per heavy atom. The minimum atomic E-state index is -0.0459. The fourth-order valence-corrected chi connectivity index (χ4v) is 5.51. The average Bonchev–Trinajstić information content (AvgIpc) is 3.33. The van der Waals surface area contributed by atoms with Crippen LogP contribution in [0.25, 0.3) is 11.3 Å². The highest BCUT2D eigenvalue weighted by Gasteiger charge is 2.27. The third-order valence-electron chi connectivity index (χ3n) is 6.56. The van der Waals surface area contributed by atoms with Crippen LogP contribution in [-0.4, -0.2) is 55.6 Å². The number of nitrogens with one attached hydrogen (secondary N) is 1. The molecule has 1 aromatic heterocycles. The van der Waals surface area contributed by atoms with Crippen molar-refractivity contribution in [1.29, 1.82) is 5.41 Å². The summed E-state index contributed by atoms with van der Waals surface area (Å²) in [4.78, 5) is 11.1. The molecule has 2 aromatic carbocycles. The lowest BCUT2D eigenvalue weighted by atomic mass is 10.0. The van der Waals surface area contributed by atoms with Gasteiger partial charge in [0.25, 0.3) is 0 Å². The maximum Gasteiger partial charge on any atom is 0.186 e. The summed E-state index contributed by atoms with van der Waals surface area (Å²) in [6.45, 7) is 11.1. The normalized spacial score (nSPS) is 14.2. The summed E-state index contributed by atoms with van der Waals surface area (Å²) >= 11 is 1.76. The Morgan fingerprint density at radius 1 is 1.05 bits per heavy atom. The fraction of sp³-hybridized carbons (Fsp3) is 0.448. The Kier molecular flexibility index (Phi) is 9.05. The number of anilines is 1. The molecule has 0 unspecified atom stereocenters. The van der Waals surface area contributed by atoms with Crippen LogP contribution in [0.15, 0.2) is 42.5 Å². The second-order valence-corrected chi connectivity index (χ2v) is 10.9. The first kappa shape index (κ1) is 26.9. The number of nitrogen functional groups attached to an aromatic ring is 1. The van der Waals surface area contributed by atoms with Crippen molar-refractivity contribution in [2.75, 3.05) is 44.7 Å². The van der Waals surface area contributed by atoms with Gasteiger partial charge in [0.1, 0.15) is 11.6 Å². The molecule has 0 spiro atoms. The summed E-state index contributed by atoms with van der Waals surface area (Å²) < 4.78 is 12.8. The number of aromatic nitrogens is 1. The Labute approximate surface area is 224 Å². The molecule has 1 aliphatic heterocycles. The molecule has 0 amide bonds. The number of para-hydroxylation sites is 1. The number of nitrogens with two attached hydrogens (primary N) is 1. The molecule has 0 bridgehead atoms. The maximum absolute atomic E-state index is 8.23. The van der Waals surface area contributed by atoms with Crippen molar-refractivity contribution in [2.24, 2.45) is 5.73 Å². The molecule has 198 valence electrons. The average molecular weight is 522 g/mol. The summed E-state index contributed by atoms with van der Waals surface area (Å²) in [5.74, 6) is 2.01. The number of nitrogens with zero attached hydrogens (tertiary/aromatic N) is 3. The number of likely N-dealkylation sites (N-methyl/N-ethyl adjacent to an activating group) is 1. The van der Waals surface area contributed by atoms with E-state index in [1.807, 2.05) is 42.5 Å². The number of hydrogen-bond acceptors (Lipinski definition) is 7. The number of unbranched alkanes of at least 4 members (excludes halogenated alkanes) is 2. The molecule has 3 N–H and O–H groups in total. The first-order chi connectivity index (χ1) is 17.9. The quantitative estimate of drug-likeness (QED) is 0.174. The number of piperazine rings is 1. The number of ether oxygens (including phenoxy) is 2. The topological polar surface area (TPSA) is 87.7 Å². The first-order valence-corrected chi connectivity index (χ1v) is 14.0. The molecule has 37 heavy (non-hydrogen) atoms. The lowest BCUT2D eigenvalue weighted by molar-refractivity contribution is 0.292. The van der Waals surface area contributed by atoms with Crippen LogP contribution in [-0.2, 0) is 0 Å². The van der Waals surface area contributed by atoms with Crippen LogP contribution >= 0.6 is 11.3 Å². The Bertz CT molecular complexity index is 1190. The molecule has 2 heterocycles. The van der Waals surface area contributed by atoms with Crippen LogP contribution in [0.4, 0.5) is 5.13 Å². The van der Waals surface area contributed by atoms with Crippen molar-refractivity contribution < 1.29 is 9.47 Å². The maximum atomic E-state index is 8.23. The van der Waals surface area contributed by atoms with E-state index in [1.165, 1.54) is 4.88 Å². The zero-order valence-corrected chi connectivity index (χ0v) is 23.2. The van der Waals surface area contributed by atoms with E-state index in [4.69, 9.17) is 25.6 Å². The molecule has 0 aliphatic carbocycles. The van der Waals surface area contributed by atoms with E-state index in [1.54, 1.807) is 11.3 Å². The largest absolute Gasteiger partial charge is 0.489 e. The Hall–Kier alpha value is -3.10. The molecular formula is C29H39N5O2S. The molecule has 3 aromatic rings. The molecule has 0 radical (unpaired) electrons. The van der Waals surface area contributed by atoms with Crippen LogP contribution in [0, 0.1) is 5.41 Å². The predicted octanol–water partition coefficient (Wildman–Crippen LogP) is 6.33. The standard InChI is InChI=1S/C29H39N5O2S/c1-5-6-10-19-35-25-23(28(30)31)14-13-22(26(25)36-21-11-8-7-9-12-21)24-27(20(2)3)37-29(32-24)34-17-15-33(4)16-18-34/h7-9,11-14,20H,5-6,10,15-19H2,1-4H3,(H3,30,31). The summed E-state index contributed by atoms with van der Waals surface area (Å²) in [7, 11) is 2.16. The van der Waals surface area contributed by atoms with Crippen molar-refractivity contribution in [3.05, 3.63) is 52.9 Å². The fourth-order valence-electron chi connectivity index (χ4n) is 4.38. The molecule has 0 atom stereocenters. The number of benzene rings is 2. The molecule has 8 heteroatoms. The molecule has 0 saturated carbocycles. The highest BCUT2D eigenvalue weighted by Crippen LogP contribution is 2.47. The lowest BCUT2D eigenvalue weighted by Crippen LogP contribution is -2.44. The Morgan fingerprint density at radius 2 is 1.78 bits per heavy atom. The van der Waals surface area contributed by atoms with Gasteiger partial charge in [-0.3, -0.25) is 5.41 Å². The van der Waals surface area contributed by atoms with Crippen LogP contribution < -0.4 is 20.1 Å².